The molecular weight excluding hydrogens is 698 g/mol. The van der Waals surface area contributed by atoms with Crippen molar-refractivity contribution in [1.82, 2.24) is 29.5 Å². The number of anilines is 1. The minimum absolute atomic E-state index is 0.0716. The predicted octanol–water partition coefficient (Wildman–Crippen LogP) is 4.24. The van der Waals surface area contributed by atoms with Crippen LogP contribution in [-0.2, 0) is 19.5 Å². The number of ether oxygens (including phenoxy) is 3. The summed E-state index contributed by atoms with van der Waals surface area (Å²) in [7, 11) is -3.65. The van der Waals surface area contributed by atoms with Gasteiger partial charge in [-0.05, 0) is 84.2 Å². The molecule has 6 heterocycles. The van der Waals surface area contributed by atoms with Crippen molar-refractivity contribution in [2.45, 2.75) is 82.1 Å². The van der Waals surface area contributed by atoms with Gasteiger partial charge < -0.3 is 28.9 Å². The Bertz CT molecular complexity index is 1800. The summed E-state index contributed by atoms with van der Waals surface area (Å²) in [5, 5.41) is 2.36. The van der Waals surface area contributed by atoms with Gasteiger partial charge in [0.15, 0.2) is 16.6 Å². The van der Waals surface area contributed by atoms with Crippen LogP contribution in [0.3, 0.4) is 0 Å². The molecule has 1 spiro atoms. The van der Waals surface area contributed by atoms with Gasteiger partial charge in [-0.1, -0.05) is 0 Å². The number of hydrogen-bond donors (Lipinski definition) is 1. The van der Waals surface area contributed by atoms with Crippen molar-refractivity contribution in [3.05, 3.63) is 52.5 Å². The molecule has 4 fully saturated rings. The number of thiazole rings is 1. The molecule has 4 aliphatic heterocycles. The van der Waals surface area contributed by atoms with Crippen LogP contribution in [0.4, 0.5) is 10.2 Å². The number of carbonyl (C=O) groups excluding carboxylic acids is 1. The lowest BCUT2D eigenvalue weighted by Gasteiger charge is -2.54. The monoisotopic (exact) mass is 743 g/mol. The molecule has 0 bridgehead atoms. The van der Waals surface area contributed by atoms with Crippen molar-refractivity contribution < 1.29 is 31.8 Å². The first kappa shape index (κ1) is 36.1. The van der Waals surface area contributed by atoms with E-state index < -0.39 is 15.8 Å². The fraction of sp³-hybridized carbons (Fsp3) is 0.600. The quantitative estimate of drug-likeness (QED) is 0.302. The molecule has 2 aromatic heterocycles. The van der Waals surface area contributed by atoms with Crippen molar-refractivity contribution in [2.75, 3.05) is 57.4 Å². The van der Waals surface area contributed by atoms with Gasteiger partial charge in [0.1, 0.15) is 17.9 Å². The summed E-state index contributed by atoms with van der Waals surface area (Å²) >= 11 is 1.32. The summed E-state index contributed by atoms with van der Waals surface area (Å²) in [6.45, 7) is 11.5. The maximum absolute atomic E-state index is 14.5. The molecule has 4 aliphatic rings. The fourth-order valence-corrected chi connectivity index (χ4v) is 9.90. The van der Waals surface area contributed by atoms with Crippen molar-refractivity contribution in [3.63, 3.8) is 0 Å². The number of hydrogen-bond acceptors (Lipinski definition) is 12. The second kappa shape index (κ2) is 15.0. The number of piperidine rings is 1. The molecule has 0 radical (unpaired) electrons. The molecule has 0 unspecified atom stereocenters. The van der Waals surface area contributed by atoms with Crippen LogP contribution in [0.5, 0.6) is 11.5 Å². The average Bonchev–Trinajstić information content (AvgIpc) is 3.79. The number of likely N-dealkylation sites (tertiary alicyclic amines) is 1. The van der Waals surface area contributed by atoms with Crippen molar-refractivity contribution in [3.8, 4) is 11.5 Å². The van der Waals surface area contributed by atoms with Crippen molar-refractivity contribution in [2.24, 2.45) is 5.41 Å². The molecular formula is C35H46FN7O6S2. The zero-order valence-electron chi connectivity index (χ0n) is 29.3. The van der Waals surface area contributed by atoms with Crippen LogP contribution < -0.4 is 14.4 Å². The number of halogens is 1. The van der Waals surface area contributed by atoms with E-state index in [2.05, 4.69) is 29.5 Å². The Morgan fingerprint density at radius 3 is 2.65 bits per heavy atom. The number of aromatic nitrogens is 3. The van der Waals surface area contributed by atoms with Gasteiger partial charge in [-0.3, -0.25) is 4.79 Å². The summed E-state index contributed by atoms with van der Waals surface area (Å²) in [6.07, 6.45) is 7.49. The molecule has 16 heteroatoms. The summed E-state index contributed by atoms with van der Waals surface area (Å²) in [6, 6.07) is 3.59. The largest absolute Gasteiger partial charge is 0.451 e. The van der Waals surface area contributed by atoms with E-state index in [1.165, 1.54) is 35.9 Å². The third-order valence-electron chi connectivity index (χ3n) is 10.4. The lowest BCUT2D eigenvalue weighted by Crippen LogP contribution is -2.61. The number of nitrogens with zero attached hydrogens (tertiary/aromatic N) is 6. The van der Waals surface area contributed by atoms with Gasteiger partial charge >= 0.3 is 0 Å². The van der Waals surface area contributed by atoms with E-state index in [1.807, 2.05) is 13.8 Å². The molecule has 1 aromatic carbocycles. The van der Waals surface area contributed by atoms with Gasteiger partial charge in [-0.15, -0.1) is 11.3 Å². The van der Waals surface area contributed by atoms with Crippen molar-refractivity contribution >= 4 is 33.1 Å². The maximum Gasteiger partial charge on any atom is 0.259 e. The van der Waals surface area contributed by atoms with E-state index in [1.54, 1.807) is 23.4 Å². The standard InChI is InChI=1S/C35H46FN7O6S2/c1-23(2)43(27-8-13-47-18-27)34(44)29-14-25(36)4-7-30(29)49-31-15-37-22-38-33(31)42-20-35(21-42)9-11-41(12-10-35)16-28-6-5-26(17-48-28)40-51(45,46)32-19-50-24(3)39-32/h4,7,14-15,19,22-23,26-28,40H,5-6,8-13,16-18,20-21H2,1-3H3/t26-,27-,28+/m1/s1. The summed E-state index contributed by atoms with van der Waals surface area (Å²) in [5.41, 5.74) is 0.323. The van der Waals surface area contributed by atoms with E-state index in [0.717, 1.165) is 69.8 Å². The first-order chi connectivity index (χ1) is 24.5. The fourth-order valence-electron chi connectivity index (χ4n) is 7.72. The van der Waals surface area contributed by atoms with Crippen LogP contribution >= 0.6 is 11.3 Å². The Labute approximate surface area is 302 Å². The molecule has 1 N–H and O–H groups in total. The first-order valence-corrected chi connectivity index (χ1v) is 20.1. The first-order valence-electron chi connectivity index (χ1n) is 17.7. The Kier molecular flexibility index (Phi) is 10.6. The minimum atomic E-state index is -3.65. The number of benzene rings is 1. The van der Waals surface area contributed by atoms with Gasteiger partial charge in [-0.25, -0.2) is 32.5 Å². The molecule has 51 heavy (non-hydrogen) atoms. The number of aryl methyl sites for hydroxylation is 1. The third kappa shape index (κ3) is 8.05. The number of sulfonamides is 1. The molecule has 7 rings (SSSR count). The molecule has 13 nitrogen and oxygen atoms in total. The highest BCUT2D eigenvalue weighted by atomic mass is 32.2. The Morgan fingerprint density at radius 1 is 1.18 bits per heavy atom. The van der Waals surface area contributed by atoms with Crippen LogP contribution in [0, 0.1) is 18.2 Å². The zero-order chi connectivity index (χ0) is 35.8. The molecule has 3 atom stereocenters. The highest BCUT2D eigenvalue weighted by molar-refractivity contribution is 7.89. The zero-order valence-corrected chi connectivity index (χ0v) is 30.9. The summed E-state index contributed by atoms with van der Waals surface area (Å²) in [4.78, 5) is 33.1. The number of nitrogens with one attached hydrogen (secondary N) is 1. The molecule has 276 valence electrons. The van der Waals surface area contributed by atoms with Crippen LogP contribution in [0.25, 0.3) is 0 Å². The predicted molar refractivity (Wildman–Crippen MR) is 189 cm³/mol. The van der Waals surface area contributed by atoms with Gasteiger partial charge in [0, 0.05) is 49.1 Å². The molecule has 1 amide bonds. The van der Waals surface area contributed by atoms with Crippen molar-refractivity contribution in [1.29, 1.82) is 0 Å². The topological polar surface area (TPSA) is 139 Å². The highest BCUT2D eigenvalue weighted by Crippen LogP contribution is 2.45. The molecule has 4 saturated heterocycles. The lowest BCUT2D eigenvalue weighted by atomic mass is 9.72. The van der Waals surface area contributed by atoms with E-state index in [-0.39, 0.29) is 51.9 Å². The van der Waals surface area contributed by atoms with Crippen LogP contribution in [0.2, 0.25) is 0 Å². The average molecular weight is 744 g/mol. The number of rotatable bonds is 11. The highest BCUT2D eigenvalue weighted by Gasteiger charge is 2.46. The lowest BCUT2D eigenvalue weighted by molar-refractivity contribution is -0.0299. The number of carbonyl (C=O) groups is 1. The molecule has 3 aromatic rings. The van der Waals surface area contributed by atoms with E-state index in [4.69, 9.17) is 14.2 Å². The van der Waals surface area contributed by atoms with E-state index in [9.17, 15) is 17.6 Å². The summed E-state index contributed by atoms with van der Waals surface area (Å²) < 4.78 is 60.6. The van der Waals surface area contributed by atoms with Crippen LogP contribution in [-0.4, -0.2) is 116 Å². The number of amides is 1. The van der Waals surface area contributed by atoms with Gasteiger partial charge in [0.05, 0.1) is 42.1 Å². The second-order valence-electron chi connectivity index (χ2n) is 14.5. The SMILES string of the molecule is Cc1nc(S(=O)(=O)N[C@@H]2CC[C@@H](CN3CCC4(CC3)CN(c3ncncc3Oc3ccc(F)cc3C(=O)N(C(C)C)[C@@H]3CCOC3)C4)OC2)cs1. The summed E-state index contributed by atoms with van der Waals surface area (Å²) in [5.74, 6) is 0.516. The Hall–Kier alpha value is -3.28. The normalized spacial score (nSPS) is 23.8. The van der Waals surface area contributed by atoms with E-state index in [0.29, 0.717) is 31.4 Å². The van der Waals surface area contributed by atoms with Crippen LogP contribution in [0.1, 0.15) is 61.3 Å². The molecule has 0 saturated carbocycles. The smallest absolute Gasteiger partial charge is 0.259 e. The van der Waals surface area contributed by atoms with Gasteiger partial charge in [0.25, 0.3) is 15.9 Å². The molecule has 0 aliphatic carbocycles. The van der Waals surface area contributed by atoms with Gasteiger partial charge in [0.2, 0.25) is 0 Å². The second-order valence-corrected chi connectivity index (χ2v) is 17.2. The van der Waals surface area contributed by atoms with Gasteiger partial charge in [-0.2, -0.15) is 0 Å². The van der Waals surface area contributed by atoms with E-state index >= 15 is 0 Å². The maximum atomic E-state index is 14.5. The minimum Gasteiger partial charge on any atom is -0.451 e. The van der Waals surface area contributed by atoms with Crippen LogP contribution in [0.15, 0.2) is 41.1 Å². The Balaban J connectivity index is 0.921. The third-order valence-corrected chi connectivity index (χ3v) is 12.8. The Morgan fingerprint density at radius 2 is 1.98 bits per heavy atom.